The minimum Gasteiger partial charge on any atom is -0.478 e. The third kappa shape index (κ3) is 2.00. The van der Waals surface area contributed by atoms with Crippen LogP contribution in [0.15, 0.2) is 35.1 Å². The summed E-state index contributed by atoms with van der Waals surface area (Å²) in [6.45, 7) is 0. The summed E-state index contributed by atoms with van der Waals surface area (Å²) in [6.07, 6.45) is 1.01. The number of aromatic nitrogens is 1. The second kappa shape index (κ2) is 4.09. The fraction of sp³-hybridized carbons (Fsp3) is 0. The first-order chi connectivity index (χ1) is 8.09. The molecule has 0 radical (unpaired) electrons. The Morgan fingerprint density at radius 2 is 1.94 bits per heavy atom. The van der Waals surface area contributed by atoms with Crippen LogP contribution < -0.4 is 0 Å². The third-order valence-corrected chi connectivity index (χ3v) is 2.14. The van der Waals surface area contributed by atoms with Gasteiger partial charge >= 0.3 is 11.9 Å². The minimum atomic E-state index is -1.23. The highest BCUT2D eigenvalue weighted by Gasteiger charge is 2.17. The van der Waals surface area contributed by atoms with Gasteiger partial charge in [-0.1, -0.05) is 12.1 Å². The fourth-order valence-corrected chi connectivity index (χ4v) is 1.40. The molecule has 0 unspecified atom stereocenters. The van der Waals surface area contributed by atoms with E-state index in [-0.39, 0.29) is 17.0 Å². The molecule has 0 bridgehead atoms. The average molecular weight is 233 g/mol. The average Bonchev–Trinajstić information content (AvgIpc) is 2.78. The number of carboxylic acids is 2. The van der Waals surface area contributed by atoms with Crippen LogP contribution in [0, 0.1) is 0 Å². The van der Waals surface area contributed by atoms with Crippen LogP contribution >= 0.6 is 0 Å². The van der Waals surface area contributed by atoms with Gasteiger partial charge in [-0.05, 0) is 12.1 Å². The summed E-state index contributed by atoms with van der Waals surface area (Å²) >= 11 is 0. The Labute approximate surface area is 95.1 Å². The number of hydrogen-bond donors (Lipinski definition) is 2. The number of oxazole rings is 1. The van der Waals surface area contributed by atoms with Gasteiger partial charge in [-0.15, -0.1) is 0 Å². The summed E-state index contributed by atoms with van der Waals surface area (Å²) in [4.78, 5) is 25.2. The summed E-state index contributed by atoms with van der Waals surface area (Å²) in [5.74, 6) is -2.28. The van der Waals surface area contributed by atoms with Crippen molar-refractivity contribution < 1.29 is 24.2 Å². The fourth-order valence-electron chi connectivity index (χ4n) is 1.40. The van der Waals surface area contributed by atoms with Crippen LogP contribution in [0.3, 0.4) is 0 Å². The molecule has 0 amide bonds. The highest BCUT2D eigenvalue weighted by molar-refractivity contribution is 5.94. The summed E-state index contributed by atoms with van der Waals surface area (Å²) in [5.41, 5.74) is 0.169. The van der Waals surface area contributed by atoms with Gasteiger partial charge in [0.1, 0.15) is 0 Å². The van der Waals surface area contributed by atoms with Crippen molar-refractivity contribution >= 4 is 11.9 Å². The molecule has 2 rings (SSSR count). The Balaban J connectivity index is 2.53. The molecular formula is C11H7NO5. The lowest BCUT2D eigenvalue weighted by molar-refractivity contribution is 0.0684. The number of carbonyl (C=O) groups is 2. The van der Waals surface area contributed by atoms with E-state index in [1.54, 1.807) is 6.07 Å². The monoisotopic (exact) mass is 233 g/mol. The van der Waals surface area contributed by atoms with Crippen LogP contribution in [-0.2, 0) is 0 Å². The van der Waals surface area contributed by atoms with E-state index >= 15 is 0 Å². The van der Waals surface area contributed by atoms with Crippen LogP contribution in [0.2, 0.25) is 0 Å². The molecule has 1 aromatic carbocycles. The number of rotatable bonds is 3. The van der Waals surface area contributed by atoms with E-state index in [1.807, 2.05) is 0 Å². The predicted molar refractivity (Wildman–Crippen MR) is 55.9 cm³/mol. The largest absolute Gasteiger partial charge is 0.478 e. The highest BCUT2D eigenvalue weighted by atomic mass is 16.4. The van der Waals surface area contributed by atoms with Crippen molar-refractivity contribution in [2.45, 2.75) is 0 Å². The number of carboxylic acid groups (broad SMARTS) is 2. The Morgan fingerprint density at radius 3 is 2.59 bits per heavy atom. The SMILES string of the molecule is O=C(O)c1cccc(-c2ocnc2C(=O)O)c1. The molecule has 2 aromatic rings. The number of aromatic carboxylic acids is 2. The van der Waals surface area contributed by atoms with Crippen LogP contribution in [0.25, 0.3) is 11.3 Å². The Hall–Kier alpha value is -2.63. The maximum absolute atomic E-state index is 10.8. The molecule has 0 spiro atoms. The van der Waals surface area contributed by atoms with Gasteiger partial charge in [-0.25, -0.2) is 14.6 Å². The lowest BCUT2D eigenvalue weighted by Crippen LogP contribution is -2.00. The molecule has 2 N–H and O–H groups in total. The zero-order valence-corrected chi connectivity index (χ0v) is 8.45. The maximum Gasteiger partial charge on any atom is 0.358 e. The van der Waals surface area contributed by atoms with Gasteiger partial charge in [0.25, 0.3) is 0 Å². The van der Waals surface area contributed by atoms with E-state index in [2.05, 4.69) is 4.98 Å². The van der Waals surface area contributed by atoms with Crippen LogP contribution in [0.4, 0.5) is 0 Å². The molecule has 0 aliphatic rings. The molecule has 6 nitrogen and oxygen atoms in total. The van der Waals surface area contributed by atoms with Gasteiger partial charge < -0.3 is 14.6 Å². The van der Waals surface area contributed by atoms with E-state index in [0.717, 1.165) is 6.39 Å². The highest BCUT2D eigenvalue weighted by Crippen LogP contribution is 2.23. The first kappa shape index (κ1) is 10.9. The van der Waals surface area contributed by atoms with Crippen molar-refractivity contribution in [2.75, 3.05) is 0 Å². The van der Waals surface area contributed by atoms with E-state index in [1.165, 1.54) is 18.2 Å². The quantitative estimate of drug-likeness (QED) is 0.837. The van der Waals surface area contributed by atoms with Crippen LogP contribution in [0.5, 0.6) is 0 Å². The Bertz CT molecular complexity index is 587. The van der Waals surface area contributed by atoms with Gasteiger partial charge in [-0.2, -0.15) is 0 Å². The summed E-state index contributed by atoms with van der Waals surface area (Å²) in [7, 11) is 0. The van der Waals surface area contributed by atoms with E-state index in [4.69, 9.17) is 14.6 Å². The molecule has 0 saturated heterocycles. The smallest absolute Gasteiger partial charge is 0.358 e. The zero-order chi connectivity index (χ0) is 12.4. The van der Waals surface area contributed by atoms with Crippen molar-refractivity contribution in [2.24, 2.45) is 0 Å². The van der Waals surface area contributed by atoms with E-state index < -0.39 is 11.9 Å². The number of benzene rings is 1. The topological polar surface area (TPSA) is 101 Å². The Kier molecular flexibility index (Phi) is 2.61. The van der Waals surface area contributed by atoms with Gasteiger partial charge in [-0.3, -0.25) is 0 Å². The number of nitrogens with zero attached hydrogens (tertiary/aromatic N) is 1. The van der Waals surface area contributed by atoms with Gasteiger partial charge in [0.2, 0.25) is 0 Å². The van der Waals surface area contributed by atoms with Crippen molar-refractivity contribution in [3.05, 3.63) is 41.9 Å². The molecule has 0 aliphatic carbocycles. The lowest BCUT2D eigenvalue weighted by atomic mass is 10.1. The second-order valence-corrected chi connectivity index (χ2v) is 3.22. The maximum atomic E-state index is 10.8. The van der Waals surface area contributed by atoms with E-state index in [0.29, 0.717) is 5.56 Å². The molecule has 86 valence electrons. The van der Waals surface area contributed by atoms with Crippen molar-refractivity contribution in [1.29, 1.82) is 0 Å². The lowest BCUT2D eigenvalue weighted by Gasteiger charge is -1.99. The first-order valence-electron chi connectivity index (χ1n) is 4.60. The minimum absolute atomic E-state index is 0.0422. The molecule has 6 heteroatoms. The molecule has 0 atom stereocenters. The molecule has 1 aromatic heterocycles. The second-order valence-electron chi connectivity index (χ2n) is 3.22. The summed E-state index contributed by atoms with van der Waals surface area (Å²) in [5, 5.41) is 17.7. The normalized spacial score (nSPS) is 10.1. The third-order valence-electron chi connectivity index (χ3n) is 2.14. The number of hydrogen-bond acceptors (Lipinski definition) is 4. The van der Waals surface area contributed by atoms with Crippen LogP contribution in [0.1, 0.15) is 20.8 Å². The molecule has 1 heterocycles. The Morgan fingerprint density at radius 1 is 1.18 bits per heavy atom. The summed E-state index contributed by atoms with van der Waals surface area (Å²) in [6, 6.07) is 5.80. The predicted octanol–water partition coefficient (Wildman–Crippen LogP) is 1.74. The van der Waals surface area contributed by atoms with Gasteiger partial charge in [0.05, 0.1) is 5.56 Å². The molecule has 17 heavy (non-hydrogen) atoms. The van der Waals surface area contributed by atoms with Gasteiger partial charge in [0.15, 0.2) is 17.8 Å². The van der Waals surface area contributed by atoms with Crippen molar-refractivity contribution in [3.8, 4) is 11.3 Å². The van der Waals surface area contributed by atoms with E-state index in [9.17, 15) is 9.59 Å². The molecule has 0 fully saturated rings. The standard InChI is InChI=1S/C11H7NO5/c13-10(14)7-3-1-2-6(4-7)9-8(11(15)16)12-5-17-9/h1-5H,(H,13,14)(H,15,16). The molecule has 0 saturated carbocycles. The van der Waals surface area contributed by atoms with Crippen molar-refractivity contribution in [1.82, 2.24) is 4.98 Å². The first-order valence-corrected chi connectivity index (χ1v) is 4.60. The van der Waals surface area contributed by atoms with Crippen LogP contribution in [-0.4, -0.2) is 27.1 Å². The molecular weight excluding hydrogens is 226 g/mol. The van der Waals surface area contributed by atoms with Gasteiger partial charge in [0, 0.05) is 5.56 Å². The van der Waals surface area contributed by atoms with Crippen molar-refractivity contribution in [3.63, 3.8) is 0 Å². The molecule has 0 aliphatic heterocycles. The summed E-state index contributed by atoms with van der Waals surface area (Å²) < 4.78 is 4.96. The zero-order valence-electron chi connectivity index (χ0n) is 8.45.